The lowest BCUT2D eigenvalue weighted by Crippen LogP contribution is -2.08. The molecule has 94 valence electrons. The summed E-state index contributed by atoms with van der Waals surface area (Å²) in [5.41, 5.74) is -1.39. The van der Waals surface area contributed by atoms with Crippen LogP contribution in [0.5, 0.6) is 11.8 Å². The van der Waals surface area contributed by atoms with Crippen LogP contribution < -0.4 is 4.74 Å². The van der Waals surface area contributed by atoms with Gasteiger partial charge in [-0.3, -0.25) is 0 Å². The number of benzene rings is 1. The molecular formula is C11H6F4N2O. The van der Waals surface area contributed by atoms with Crippen molar-refractivity contribution in [2.45, 2.75) is 6.18 Å². The largest absolute Gasteiger partial charge is 0.424 e. The SMILES string of the molecule is Fc1ccc(Oc2ncccn2)cc1C(F)(F)F. The quantitative estimate of drug-likeness (QED) is 0.774. The van der Waals surface area contributed by atoms with E-state index in [2.05, 4.69) is 9.97 Å². The van der Waals surface area contributed by atoms with Gasteiger partial charge in [-0.25, -0.2) is 14.4 Å². The molecule has 0 unspecified atom stereocenters. The van der Waals surface area contributed by atoms with E-state index in [1.165, 1.54) is 18.5 Å². The van der Waals surface area contributed by atoms with Gasteiger partial charge in [-0.05, 0) is 24.3 Å². The van der Waals surface area contributed by atoms with Crippen LogP contribution in [0.25, 0.3) is 0 Å². The molecule has 0 aliphatic carbocycles. The summed E-state index contributed by atoms with van der Waals surface area (Å²) in [6, 6.07) is 3.73. The molecule has 1 aromatic heterocycles. The van der Waals surface area contributed by atoms with Gasteiger partial charge in [-0.1, -0.05) is 0 Å². The van der Waals surface area contributed by atoms with Crippen molar-refractivity contribution in [3.8, 4) is 11.8 Å². The lowest BCUT2D eigenvalue weighted by Gasteiger charge is -2.09. The number of aromatic nitrogens is 2. The third-order valence-corrected chi connectivity index (χ3v) is 1.99. The van der Waals surface area contributed by atoms with Gasteiger partial charge in [0.2, 0.25) is 0 Å². The minimum atomic E-state index is -4.78. The Labute approximate surface area is 99.1 Å². The van der Waals surface area contributed by atoms with Crippen molar-refractivity contribution in [2.75, 3.05) is 0 Å². The summed E-state index contributed by atoms with van der Waals surface area (Å²) in [4.78, 5) is 7.36. The predicted octanol–water partition coefficient (Wildman–Crippen LogP) is 3.43. The van der Waals surface area contributed by atoms with Crippen LogP contribution in [-0.2, 0) is 6.18 Å². The smallest absolute Gasteiger partial charge is 0.419 e. The number of nitrogens with zero attached hydrogens (tertiary/aromatic N) is 2. The second kappa shape index (κ2) is 4.59. The number of rotatable bonds is 2. The minimum absolute atomic E-state index is 0.114. The molecule has 0 fully saturated rings. The Hall–Kier alpha value is -2.18. The van der Waals surface area contributed by atoms with E-state index in [0.29, 0.717) is 12.1 Å². The lowest BCUT2D eigenvalue weighted by molar-refractivity contribution is -0.140. The molecule has 3 nitrogen and oxygen atoms in total. The standard InChI is InChI=1S/C11H6F4N2O/c12-9-3-2-7(6-8(9)11(13,14)15)18-10-16-4-1-5-17-10/h1-6H. The van der Waals surface area contributed by atoms with Crippen LogP contribution >= 0.6 is 0 Å². The molecule has 1 heterocycles. The molecular weight excluding hydrogens is 252 g/mol. The maximum atomic E-state index is 13.0. The second-order valence-electron chi connectivity index (χ2n) is 3.27. The van der Waals surface area contributed by atoms with E-state index in [1.807, 2.05) is 0 Å². The first-order valence-corrected chi connectivity index (χ1v) is 4.78. The van der Waals surface area contributed by atoms with Crippen molar-refractivity contribution in [3.63, 3.8) is 0 Å². The van der Waals surface area contributed by atoms with Gasteiger partial charge in [-0.15, -0.1) is 0 Å². The van der Waals surface area contributed by atoms with Crippen molar-refractivity contribution >= 4 is 0 Å². The van der Waals surface area contributed by atoms with Gasteiger partial charge < -0.3 is 4.74 Å². The highest BCUT2D eigenvalue weighted by Crippen LogP contribution is 2.34. The molecule has 0 saturated heterocycles. The molecule has 0 amide bonds. The molecule has 0 saturated carbocycles. The average molecular weight is 258 g/mol. The van der Waals surface area contributed by atoms with E-state index in [0.717, 1.165) is 6.07 Å². The Morgan fingerprint density at radius 3 is 2.33 bits per heavy atom. The van der Waals surface area contributed by atoms with Gasteiger partial charge in [0.15, 0.2) is 0 Å². The first kappa shape index (κ1) is 12.3. The monoisotopic (exact) mass is 258 g/mol. The van der Waals surface area contributed by atoms with Gasteiger partial charge in [0, 0.05) is 12.4 Å². The van der Waals surface area contributed by atoms with E-state index in [4.69, 9.17) is 4.74 Å². The highest BCUT2D eigenvalue weighted by Gasteiger charge is 2.34. The molecule has 0 N–H and O–H groups in total. The topological polar surface area (TPSA) is 35.0 Å². The molecule has 2 rings (SSSR count). The lowest BCUT2D eigenvalue weighted by atomic mass is 10.2. The van der Waals surface area contributed by atoms with Crippen LogP contribution in [0.1, 0.15) is 5.56 Å². The Morgan fingerprint density at radius 2 is 1.72 bits per heavy atom. The number of hydrogen-bond donors (Lipinski definition) is 0. The molecule has 2 aromatic rings. The third-order valence-electron chi connectivity index (χ3n) is 1.99. The summed E-state index contributed by atoms with van der Waals surface area (Å²) >= 11 is 0. The zero-order valence-electron chi connectivity index (χ0n) is 8.78. The van der Waals surface area contributed by atoms with E-state index < -0.39 is 17.6 Å². The third kappa shape index (κ3) is 2.73. The van der Waals surface area contributed by atoms with E-state index in [1.54, 1.807) is 0 Å². The van der Waals surface area contributed by atoms with Crippen molar-refractivity contribution in [1.82, 2.24) is 9.97 Å². The van der Waals surface area contributed by atoms with Crippen LogP contribution in [0, 0.1) is 5.82 Å². The molecule has 0 aliphatic rings. The van der Waals surface area contributed by atoms with Gasteiger partial charge in [0.05, 0.1) is 5.56 Å². The maximum Gasteiger partial charge on any atom is 0.419 e. The summed E-state index contributed by atoms with van der Waals surface area (Å²) in [6.45, 7) is 0. The number of ether oxygens (including phenoxy) is 1. The molecule has 0 bridgehead atoms. The highest BCUT2D eigenvalue weighted by molar-refractivity contribution is 5.33. The molecule has 1 aromatic carbocycles. The second-order valence-corrected chi connectivity index (χ2v) is 3.27. The molecule has 18 heavy (non-hydrogen) atoms. The van der Waals surface area contributed by atoms with Crippen molar-refractivity contribution in [1.29, 1.82) is 0 Å². The fourth-order valence-corrected chi connectivity index (χ4v) is 1.23. The van der Waals surface area contributed by atoms with Crippen LogP contribution in [0.15, 0.2) is 36.7 Å². The van der Waals surface area contributed by atoms with Crippen LogP contribution in [0.2, 0.25) is 0 Å². The van der Waals surface area contributed by atoms with E-state index in [-0.39, 0.29) is 11.8 Å². The summed E-state index contributed by atoms with van der Waals surface area (Å²) in [5.74, 6) is -1.54. The van der Waals surface area contributed by atoms with Crippen LogP contribution in [-0.4, -0.2) is 9.97 Å². The Kier molecular flexibility index (Phi) is 3.14. The Balaban J connectivity index is 2.31. The minimum Gasteiger partial charge on any atom is -0.424 e. The molecule has 0 aliphatic heterocycles. The van der Waals surface area contributed by atoms with Gasteiger partial charge >= 0.3 is 12.2 Å². The van der Waals surface area contributed by atoms with Crippen molar-refractivity contribution in [2.24, 2.45) is 0 Å². The maximum absolute atomic E-state index is 13.0. The Morgan fingerprint density at radius 1 is 1.06 bits per heavy atom. The molecule has 0 atom stereocenters. The molecule has 0 spiro atoms. The predicted molar refractivity (Wildman–Crippen MR) is 53.5 cm³/mol. The zero-order valence-corrected chi connectivity index (χ0v) is 8.78. The average Bonchev–Trinajstić information content (AvgIpc) is 2.31. The van der Waals surface area contributed by atoms with Gasteiger partial charge in [0.1, 0.15) is 11.6 Å². The Bertz CT molecular complexity index is 542. The van der Waals surface area contributed by atoms with Gasteiger partial charge in [-0.2, -0.15) is 13.2 Å². The van der Waals surface area contributed by atoms with Crippen LogP contribution in [0.4, 0.5) is 17.6 Å². The number of halogens is 4. The zero-order chi connectivity index (χ0) is 13.2. The van der Waals surface area contributed by atoms with E-state index in [9.17, 15) is 17.6 Å². The van der Waals surface area contributed by atoms with E-state index >= 15 is 0 Å². The van der Waals surface area contributed by atoms with Gasteiger partial charge in [0.25, 0.3) is 0 Å². The number of hydrogen-bond acceptors (Lipinski definition) is 3. The number of alkyl halides is 3. The summed E-state index contributed by atoms with van der Waals surface area (Å²) < 4.78 is 55.3. The normalized spacial score (nSPS) is 11.3. The van der Waals surface area contributed by atoms with Crippen LogP contribution in [0.3, 0.4) is 0 Å². The molecule has 7 heteroatoms. The van der Waals surface area contributed by atoms with Crippen molar-refractivity contribution < 1.29 is 22.3 Å². The fraction of sp³-hybridized carbons (Fsp3) is 0.0909. The van der Waals surface area contributed by atoms with Crippen molar-refractivity contribution in [3.05, 3.63) is 48.0 Å². The molecule has 0 radical (unpaired) electrons. The first-order valence-electron chi connectivity index (χ1n) is 4.78. The summed E-state index contributed by atoms with van der Waals surface area (Å²) in [5, 5.41) is 0. The highest BCUT2D eigenvalue weighted by atomic mass is 19.4. The summed E-state index contributed by atoms with van der Waals surface area (Å²) in [7, 11) is 0. The first-order chi connectivity index (χ1) is 8.47. The summed E-state index contributed by atoms with van der Waals surface area (Å²) in [6.07, 6.45) is -2.03. The fourth-order valence-electron chi connectivity index (χ4n) is 1.23.